The van der Waals surface area contributed by atoms with Crippen LogP contribution in [0.15, 0.2) is 42.5 Å². The molecule has 0 aromatic heterocycles. The van der Waals surface area contributed by atoms with E-state index in [0.29, 0.717) is 17.2 Å². The number of urea groups is 1. The predicted molar refractivity (Wildman–Crippen MR) is 135 cm³/mol. The number of alkyl halides is 6. The molecular weight excluding hydrogens is 580 g/mol. The molecule has 0 unspecified atom stereocenters. The number of carbonyl (C=O) groups excluding carboxylic acids is 3. The van der Waals surface area contributed by atoms with Crippen LogP contribution < -0.4 is 11.1 Å². The van der Waals surface area contributed by atoms with E-state index in [4.69, 9.17) is 17.3 Å². The first-order chi connectivity index (χ1) is 19.2. The monoisotopic (exact) mass is 605 g/mol. The molecule has 4 amide bonds. The van der Waals surface area contributed by atoms with E-state index in [1.807, 2.05) is 0 Å². The van der Waals surface area contributed by atoms with Gasteiger partial charge in [-0.15, -0.1) is 0 Å². The Kier molecular flexibility index (Phi) is 8.73. The van der Waals surface area contributed by atoms with Crippen LogP contribution >= 0.6 is 11.6 Å². The van der Waals surface area contributed by atoms with Crippen LogP contribution in [0.3, 0.4) is 0 Å². The summed E-state index contributed by atoms with van der Waals surface area (Å²) in [5, 5.41) is 2.87. The summed E-state index contributed by atoms with van der Waals surface area (Å²) in [5.41, 5.74) is 3.05. The number of amides is 4. The summed E-state index contributed by atoms with van der Waals surface area (Å²) in [7, 11) is 0. The van der Waals surface area contributed by atoms with Gasteiger partial charge in [0.1, 0.15) is 12.2 Å². The number of nitrogens with one attached hydrogen (secondary N) is 1. The van der Waals surface area contributed by atoms with Gasteiger partial charge in [-0.05, 0) is 54.4 Å². The van der Waals surface area contributed by atoms with Crippen LogP contribution in [0.1, 0.15) is 35.1 Å². The molecule has 222 valence electrons. The fourth-order valence-corrected chi connectivity index (χ4v) is 5.13. The average molecular weight is 606 g/mol. The van der Waals surface area contributed by atoms with Gasteiger partial charge in [0, 0.05) is 31.1 Å². The Morgan fingerprint density at radius 2 is 1.59 bits per heavy atom. The van der Waals surface area contributed by atoms with Crippen LogP contribution in [-0.2, 0) is 35.0 Å². The largest absolute Gasteiger partial charge is 0.416 e. The highest BCUT2D eigenvalue weighted by molar-refractivity contribution is 6.30. The zero-order valence-corrected chi connectivity index (χ0v) is 22.2. The first-order valence-corrected chi connectivity index (χ1v) is 12.9. The number of hydrogen-bond acceptors (Lipinski definition) is 4. The van der Waals surface area contributed by atoms with Crippen molar-refractivity contribution < 1.29 is 40.7 Å². The third-order valence-electron chi connectivity index (χ3n) is 6.93. The van der Waals surface area contributed by atoms with Gasteiger partial charge in [0.15, 0.2) is 0 Å². The van der Waals surface area contributed by atoms with Gasteiger partial charge in [-0.3, -0.25) is 9.59 Å². The van der Waals surface area contributed by atoms with Gasteiger partial charge in [0.25, 0.3) is 0 Å². The van der Waals surface area contributed by atoms with Crippen LogP contribution in [-0.4, -0.2) is 64.4 Å². The van der Waals surface area contributed by atoms with E-state index >= 15 is 0 Å². The normalized spacial score (nSPS) is 19.9. The highest BCUT2D eigenvalue weighted by atomic mass is 35.5. The van der Waals surface area contributed by atoms with Crippen LogP contribution in [0.25, 0.3) is 0 Å². The molecule has 2 heterocycles. The maximum atomic E-state index is 13.3. The highest BCUT2D eigenvalue weighted by Gasteiger charge is 2.48. The molecule has 8 nitrogen and oxygen atoms in total. The molecule has 41 heavy (non-hydrogen) atoms. The zero-order chi connectivity index (χ0) is 30.1. The summed E-state index contributed by atoms with van der Waals surface area (Å²) in [4.78, 5) is 43.5. The van der Waals surface area contributed by atoms with Crippen molar-refractivity contribution in [3.63, 3.8) is 0 Å². The Labute approximate surface area is 236 Å². The van der Waals surface area contributed by atoms with Gasteiger partial charge in [0.05, 0.1) is 17.7 Å². The predicted octanol–water partition coefficient (Wildman–Crippen LogP) is 4.21. The van der Waals surface area contributed by atoms with E-state index in [1.54, 1.807) is 24.3 Å². The van der Waals surface area contributed by atoms with Gasteiger partial charge in [-0.25, -0.2) is 4.79 Å². The number of piperazine rings is 1. The second kappa shape index (κ2) is 11.8. The molecule has 0 saturated carbocycles. The van der Waals surface area contributed by atoms with Crippen LogP contribution in [0.2, 0.25) is 5.02 Å². The Bertz CT molecular complexity index is 1270. The maximum Gasteiger partial charge on any atom is 0.416 e. The lowest BCUT2D eigenvalue weighted by atomic mass is 10.0. The minimum atomic E-state index is -5.03. The second-order valence-electron chi connectivity index (χ2n) is 9.74. The molecule has 2 atom stereocenters. The lowest BCUT2D eigenvalue weighted by Crippen LogP contribution is -2.72. The van der Waals surface area contributed by atoms with E-state index in [-0.39, 0.29) is 56.9 Å². The lowest BCUT2D eigenvalue weighted by Gasteiger charge is -2.52. The third-order valence-corrected chi connectivity index (χ3v) is 7.18. The van der Waals surface area contributed by atoms with E-state index in [2.05, 4.69) is 5.32 Å². The van der Waals surface area contributed by atoms with Crippen molar-refractivity contribution in [1.29, 1.82) is 0 Å². The number of fused-ring (bicyclic) bond motifs is 1. The van der Waals surface area contributed by atoms with Gasteiger partial charge in [-0.1, -0.05) is 23.7 Å². The first-order valence-electron chi connectivity index (χ1n) is 12.6. The summed E-state index contributed by atoms with van der Waals surface area (Å²) < 4.78 is 79.5. The Morgan fingerprint density at radius 1 is 0.976 bits per heavy atom. The molecule has 2 aliphatic rings. The molecular formula is C26H26ClF6N5O3. The molecule has 2 aromatic rings. The topological polar surface area (TPSA) is 99.0 Å². The van der Waals surface area contributed by atoms with E-state index in [9.17, 15) is 40.7 Å². The standard InChI is InChI=1S/C26H26ClF6N5O3/c27-19-3-1-15(2-4-19)13-36-14-21-37(8-6-22(39)38(21)20(5-7-34)23(36)40)24(41)35-12-16-9-17(25(28,29)30)11-18(10-16)26(31,32)33/h1-4,9-11,20-21H,5-8,12-14,34H2,(H,35,41)/t20-,21+/m0/s1. The summed E-state index contributed by atoms with van der Waals surface area (Å²) in [6, 6.07) is 6.05. The minimum Gasteiger partial charge on any atom is -0.334 e. The lowest BCUT2D eigenvalue weighted by molar-refractivity contribution is -0.167. The molecule has 0 spiro atoms. The molecule has 0 bridgehead atoms. The first kappa shape index (κ1) is 30.4. The Hall–Kier alpha value is -3.52. The van der Waals surface area contributed by atoms with Gasteiger partial charge in [0.2, 0.25) is 11.8 Å². The van der Waals surface area contributed by atoms with Gasteiger partial charge >= 0.3 is 18.4 Å². The van der Waals surface area contributed by atoms with E-state index in [1.165, 1.54) is 14.7 Å². The number of benzene rings is 2. The molecule has 0 aliphatic carbocycles. The number of hydrogen-bond donors (Lipinski definition) is 2. The second-order valence-corrected chi connectivity index (χ2v) is 10.2. The van der Waals surface area contributed by atoms with Crippen molar-refractivity contribution in [1.82, 2.24) is 20.0 Å². The summed E-state index contributed by atoms with van der Waals surface area (Å²) in [6.45, 7) is -0.548. The minimum absolute atomic E-state index is 0.00530. The molecule has 4 rings (SSSR count). The van der Waals surface area contributed by atoms with Gasteiger partial charge < -0.3 is 25.8 Å². The molecule has 0 radical (unpaired) electrons. The Balaban J connectivity index is 1.57. The fraction of sp³-hybridized carbons (Fsp3) is 0.423. The van der Waals surface area contributed by atoms with Crippen molar-refractivity contribution in [3.8, 4) is 0 Å². The number of nitrogens with two attached hydrogens (primary N) is 1. The quantitative estimate of drug-likeness (QED) is 0.482. The summed E-state index contributed by atoms with van der Waals surface area (Å²) in [5.74, 6) is -0.731. The molecule has 3 N–H and O–H groups in total. The molecule has 2 saturated heterocycles. The Morgan fingerprint density at radius 3 is 2.15 bits per heavy atom. The number of nitrogens with zero attached hydrogens (tertiary/aromatic N) is 3. The van der Waals surface area contributed by atoms with Gasteiger partial charge in [-0.2, -0.15) is 26.3 Å². The SMILES string of the molecule is NCC[C@H]1C(=O)N(Cc2ccc(Cl)cc2)C[C@@H]2N(C(=O)NCc3cc(C(F)(F)F)cc(C(F)(F)F)c3)CCC(=O)N21. The number of halogens is 7. The third kappa shape index (κ3) is 6.87. The molecule has 2 fully saturated rings. The van der Waals surface area contributed by atoms with Crippen molar-refractivity contribution in [2.45, 2.75) is 50.5 Å². The summed E-state index contributed by atoms with van der Waals surface area (Å²) >= 11 is 5.94. The van der Waals surface area contributed by atoms with E-state index in [0.717, 1.165) is 5.56 Å². The summed E-state index contributed by atoms with van der Waals surface area (Å²) in [6.07, 6.45) is -11.0. The smallest absolute Gasteiger partial charge is 0.334 e. The van der Waals surface area contributed by atoms with Crippen LogP contribution in [0.5, 0.6) is 0 Å². The van der Waals surface area contributed by atoms with Crippen molar-refractivity contribution in [2.24, 2.45) is 5.73 Å². The molecule has 2 aromatic carbocycles. The zero-order valence-electron chi connectivity index (χ0n) is 21.4. The fourth-order valence-electron chi connectivity index (χ4n) is 5.01. The molecule has 15 heteroatoms. The van der Waals surface area contributed by atoms with Crippen molar-refractivity contribution in [2.75, 3.05) is 19.6 Å². The van der Waals surface area contributed by atoms with Crippen LogP contribution in [0, 0.1) is 0 Å². The van der Waals surface area contributed by atoms with Crippen LogP contribution in [0.4, 0.5) is 31.1 Å². The number of rotatable bonds is 6. The number of carbonyl (C=O) groups is 3. The molecule has 2 aliphatic heterocycles. The van der Waals surface area contributed by atoms with Crippen molar-refractivity contribution >= 4 is 29.4 Å². The highest BCUT2D eigenvalue weighted by Crippen LogP contribution is 2.36. The average Bonchev–Trinajstić information content (AvgIpc) is 2.90. The maximum absolute atomic E-state index is 13.3. The van der Waals surface area contributed by atoms with E-state index < -0.39 is 53.8 Å². The van der Waals surface area contributed by atoms with Crippen molar-refractivity contribution in [3.05, 3.63) is 69.7 Å².